The number of carbonyl (C=O) groups is 1. The molecule has 23 heavy (non-hydrogen) atoms. The summed E-state index contributed by atoms with van der Waals surface area (Å²) in [5, 5.41) is 14.2. The van der Waals surface area contributed by atoms with Crippen LogP contribution in [-0.2, 0) is 22.6 Å². The van der Waals surface area contributed by atoms with E-state index in [4.69, 9.17) is 4.74 Å². The summed E-state index contributed by atoms with van der Waals surface area (Å²) < 4.78 is 7.25. The number of fused-ring (bicyclic) bond motifs is 1. The van der Waals surface area contributed by atoms with E-state index in [9.17, 15) is 10.1 Å². The van der Waals surface area contributed by atoms with Crippen molar-refractivity contribution in [3.8, 4) is 6.07 Å². The van der Waals surface area contributed by atoms with Crippen LogP contribution in [0.2, 0.25) is 0 Å². The number of carbonyl (C=O) groups excluding carboxylic acids is 1. The van der Waals surface area contributed by atoms with Gasteiger partial charge in [0.05, 0.1) is 18.4 Å². The van der Waals surface area contributed by atoms with Crippen molar-refractivity contribution in [1.82, 2.24) is 14.7 Å². The first-order valence-electron chi connectivity index (χ1n) is 8.39. The second-order valence-electron chi connectivity index (χ2n) is 6.63. The van der Waals surface area contributed by atoms with E-state index in [1.807, 2.05) is 15.8 Å². The Morgan fingerprint density at radius 1 is 1.52 bits per heavy atom. The quantitative estimate of drug-likeness (QED) is 0.852. The van der Waals surface area contributed by atoms with Crippen LogP contribution in [0.15, 0.2) is 6.20 Å². The third-order valence-electron chi connectivity index (χ3n) is 5.12. The molecule has 0 aromatic carbocycles. The number of nitrogens with zero attached hydrogens (tertiary/aromatic N) is 4. The van der Waals surface area contributed by atoms with Crippen molar-refractivity contribution < 1.29 is 9.53 Å². The SMILES string of the molecule is CCn1cc2c(n1)C(COC)CN(C(=O)C1(C#N)CCCC1)C2. The fourth-order valence-corrected chi connectivity index (χ4v) is 3.87. The summed E-state index contributed by atoms with van der Waals surface area (Å²) in [4.78, 5) is 14.9. The number of aromatic nitrogens is 2. The van der Waals surface area contributed by atoms with Gasteiger partial charge in [-0.2, -0.15) is 10.4 Å². The van der Waals surface area contributed by atoms with Crippen molar-refractivity contribution in [3.63, 3.8) is 0 Å². The molecule has 6 nitrogen and oxygen atoms in total. The van der Waals surface area contributed by atoms with Crippen LogP contribution >= 0.6 is 0 Å². The van der Waals surface area contributed by atoms with Crippen molar-refractivity contribution >= 4 is 5.91 Å². The van der Waals surface area contributed by atoms with Crippen LogP contribution in [0, 0.1) is 16.7 Å². The second-order valence-corrected chi connectivity index (χ2v) is 6.63. The minimum atomic E-state index is -0.810. The molecule has 1 aromatic heterocycles. The molecule has 1 aromatic rings. The third-order valence-corrected chi connectivity index (χ3v) is 5.12. The Kier molecular flexibility index (Phi) is 4.40. The zero-order chi connectivity index (χ0) is 16.4. The highest BCUT2D eigenvalue weighted by atomic mass is 16.5. The summed E-state index contributed by atoms with van der Waals surface area (Å²) in [6, 6.07) is 2.32. The normalized spacial score (nSPS) is 22.7. The first-order chi connectivity index (χ1) is 11.1. The van der Waals surface area contributed by atoms with Crippen LogP contribution in [-0.4, -0.2) is 40.8 Å². The van der Waals surface area contributed by atoms with Gasteiger partial charge in [-0.3, -0.25) is 9.48 Å². The zero-order valence-corrected chi connectivity index (χ0v) is 13.9. The van der Waals surface area contributed by atoms with Crippen molar-refractivity contribution in [2.75, 3.05) is 20.3 Å². The maximum Gasteiger partial charge on any atom is 0.243 e. The van der Waals surface area contributed by atoms with Gasteiger partial charge in [0, 0.05) is 44.4 Å². The molecule has 1 unspecified atom stereocenters. The number of aryl methyl sites for hydroxylation is 1. The molecular weight excluding hydrogens is 292 g/mol. The van der Waals surface area contributed by atoms with Gasteiger partial charge >= 0.3 is 0 Å². The van der Waals surface area contributed by atoms with Crippen LogP contribution in [0.5, 0.6) is 0 Å². The van der Waals surface area contributed by atoms with Crippen molar-refractivity contribution in [1.29, 1.82) is 5.26 Å². The Bertz CT molecular complexity index is 625. The highest BCUT2D eigenvalue weighted by Crippen LogP contribution is 2.41. The van der Waals surface area contributed by atoms with Gasteiger partial charge in [-0.15, -0.1) is 0 Å². The number of ether oxygens (including phenoxy) is 1. The Labute approximate surface area is 137 Å². The molecule has 1 aliphatic heterocycles. The lowest BCUT2D eigenvalue weighted by atomic mass is 9.85. The van der Waals surface area contributed by atoms with E-state index in [1.165, 1.54) is 0 Å². The number of amides is 1. The van der Waals surface area contributed by atoms with E-state index in [0.29, 0.717) is 32.5 Å². The molecule has 0 bridgehead atoms. The lowest BCUT2D eigenvalue weighted by Gasteiger charge is -2.35. The summed E-state index contributed by atoms with van der Waals surface area (Å²) >= 11 is 0. The summed E-state index contributed by atoms with van der Waals surface area (Å²) in [5.74, 6) is 0.0751. The van der Waals surface area contributed by atoms with Gasteiger partial charge < -0.3 is 9.64 Å². The second kappa shape index (κ2) is 6.32. The number of hydrogen-bond acceptors (Lipinski definition) is 4. The van der Waals surface area contributed by atoms with E-state index < -0.39 is 5.41 Å². The summed E-state index contributed by atoms with van der Waals surface area (Å²) in [5.41, 5.74) is 1.31. The predicted molar refractivity (Wildman–Crippen MR) is 84.4 cm³/mol. The molecular formula is C17H24N4O2. The van der Waals surface area contributed by atoms with Crippen LogP contribution in [0.25, 0.3) is 0 Å². The molecule has 0 saturated heterocycles. The average molecular weight is 316 g/mol. The van der Waals surface area contributed by atoms with Gasteiger partial charge in [0.25, 0.3) is 0 Å². The van der Waals surface area contributed by atoms with Crippen molar-refractivity contribution in [3.05, 3.63) is 17.5 Å². The van der Waals surface area contributed by atoms with Crippen molar-refractivity contribution in [2.24, 2.45) is 5.41 Å². The van der Waals surface area contributed by atoms with E-state index >= 15 is 0 Å². The molecule has 124 valence electrons. The van der Waals surface area contributed by atoms with E-state index in [-0.39, 0.29) is 11.8 Å². The Hall–Kier alpha value is -1.87. The van der Waals surface area contributed by atoms with Gasteiger partial charge in [-0.25, -0.2) is 0 Å². The maximum absolute atomic E-state index is 13.0. The molecule has 6 heteroatoms. The molecule has 0 radical (unpaired) electrons. The zero-order valence-electron chi connectivity index (χ0n) is 13.9. The molecule has 1 amide bonds. The lowest BCUT2D eigenvalue weighted by Crippen LogP contribution is -2.46. The fourth-order valence-electron chi connectivity index (χ4n) is 3.87. The number of methoxy groups -OCH3 is 1. The highest BCUT2D eigenvalue weighted by molar-refractivity contribution is 5.86. The van der Waals surface area contributed by atoms with Crippen LogP contribution in [0.3, 0.4) is 0 Å². The van der Waals surface area contributed by atoms with Gasteiger partial charge in [0.2, 0.25) is 5.91 Å². The number of rotatable bonds is 4. The first kappa shape index (κ1) is 16.0. The molecule has 0 spiro atoms. The van der Waals surface area contributed by atoms with Gasteiger partial charge in [-0.05, 0) is 19.8 Å². The van der Waals surface area contributed by atoms with E-state index in [2.05, 4.69) is 18.1 Å². The summed E-state index contributed by atoms with van der Waals surface area (Å²) in [6.45, 7) is 4.54. The summed E-state index contributed by atoms with van der Waals surface area (Å²) in [7, 11) is 1.67. The minimum absolute atomic E-state index is 0.00602. The minimum Gasteiger partial charge on any atom is -0.384 e. The molecule has 2 heterocycles. The molecule has 3 rings (SSSR count). The topological polar surface area (TPSA) is 71.2 Å². The third kappa shape index (κ3) is 2.74. The van der Waals surface area contributed by atoms with E-state index in [1.54, 1.807) is 7.11 Å². The number of nitriles is 1. The molecule has 2 aliphatic rings. The molecule has 1 atom stereocenters. The molecule has 1 fully saturated rings. The fraction of sp³-hybridized carbons (Fsp3) is 0.706. The number of hydrogen-bond donors (Lipinski definition) is 0. The van der Waals surface area contributed by atoms with Gasteiger partial charge in [0.15, 0.2) is 0 Å². The smallest absolute Gasteiger partial charge is 0.243 e. The first-order valence-corrected chi connectivity index (χ1v) is 8.39. The Morgan fingerprint density at radius 3 is 2.87 bits per heavy atom. The molecule has 0 N–H and O–H groups in total. The lowest BCUT2D eigenvalue weighted by molar-refractivity contribution is -0.140. The maximum atomic E-state index is 13.0. The molecule has 1 saturated carbocycles. The summed E-state index contributed by atoms with van der Waals surface area (Å²) in [6.07, 6.45) is 5.33. The van der Waals surface area contributed by atoms with Crippen LogP contribution in [0.4, 0.5) is 0 Å². The van der Waals surface area contributed by atoms with Gasteiger partial charge in [0.1, 0.15) is 5.41 Å². The standard InChI is InChI=1S/C17H24N4O2/c1-3-21-10-13-8-20(9-14(11-23-2)15(13)19-21)16(22)17(12-18)6-4-5-7-17/h10,14H,3-9,11H2,1-2H3. The van der Waals surface area contributed by atoms with E-state index in [0.717, 1.165) is 30.6 Å². The predicted octanol–water partition coefficient (Wildman–Crippen LogP) is 2.06. The Balaban J connectivity index is 1.87. The Morgan fingerprint density at radius 2 is 2.26 bits per heavy atom. The highest BCUT2D eigenvalue weighted by Gasteiger charge is 2.45. The van der Waals surface area contributed by atoms with Gasteiger partial charge in [-0.1, -0.05) is 12.8 Å². The van der Waals surface area contributed by atoms with Crippen LogP contribution < -0.4 is 0 Å². The van der Waals surface area contributed by atoms with Crippen molar-refractivity contribution in [2.45, 2.75) is 51.6 Å². The largest absolute Gasteiger partial charge is 0.384 e. The molecule has 1 aliphatic carbocycles. The van der Waals surface area contributed by atoms with Crippen LogP contribution in [0.1, 0.15) is 49.8 Å². The monoisotopic (exact) mass is 316 g/mol. The average Bonchev–Trinajstić information content (AvgIpc) is 3.21.